The summed E-state index contributed by atoms with van der Waals surface area (Å²) in [7, 11) is 0. The molecular formula is C13H17NO3. The molecule has 4 heteroatoms. The van der Waals surface area contributed by atoms with Crippen molar-refractivity contribution < 1.29 is 14.3 Å². The Bertz CT molecular complexity index is 434. The van der Waals surface area contributed by atoms with E-state index in [1.165, 1.54) is 0 Å². The van der Waals surface area contributed by atoms with Gasteiger partial charge in [-0.1, -0.05) is 19.8 Å². The molecule has 4 nitrogen and oxygen atoms in total. The van der Waals surface area contributed by atoms with Crippen LogP contribution in [0.5, 0.6) is 0 Å². The number of hydrogen-bond donors (Lipinski definition) is 1. The van der Waals surface area contributed by atoms with Gasteiger partial charge in [0, 0.05) is 5.41 Å². The van der Waals surface area contributed by atoms with E-state index < -0.39 is 16.4 Å². The second kappa shape index (κ2) is 3.25. The van der Waals surface area contributed by atoms with Crippen LogP contribution in [0.3, 0.4) is 0 Å². The number of ether oxygens (including phenoxy) is 1. The minimum Gasteiger partial charge on any atom is -0.448 e. The van der Waals surface area contributed by atoms with Crippen molar-refractivity contribution in [3.8, 4) is 12.3 Å². The summed E-state index contributed by atoms with van der Waals surface area (Å²) in [4.78, 5) is 24.1. The van der Waals surface area contributed by atoms with Gasteiger partial charge < -0.3 is 10.1 Å². The van der Waals surface area contributed by atoms with Crippen LogP contribution < -0.4 is 5.32 Å². The molecular weight excluding hydrogens is 218 g/mol. The van der Waals surface area contributed by atoms with E-state index in [1.807, 2.05) is 20.8 Å². The molecule has 1 amide bonds. The summed E-state index contributed by atoms with van der Waals surface area (Å²) in [6.07, 6.45) is 6.37. The normalized spacial score (nSPS) is 37.4. The van der Waals surface area contributed by atoms with Crippen molar-refractivity contribution in [1.29, 1.82) is 0 Å². The van der Waals surface area contributed by atoms with Gasteiger partial charge in [-0.3, -0.25) is 9.59 Å². The predicted octanol–water partition coefficient (Wildman–Crippen LogP) is 0.858. The first kappa shape index (κ1) is 12.0. The van der Waals surface area contributed by atoms with Crippen molar-refractivity contribution >= 4 is 11.9 Å². The topological polar surface area (TPSA) is 55.4 Å². The smallest absolute Gasteiger partial charge is 0.313 e. The molecule has 0 radical (unpaired) electrons. The zero-order chi connectivity index (χ0) is 12.9. The average Bonchev–Trinajstić information content (AvgIpc) is 2.56. The number of carbonyl (C=O) groups excluding carboxylic acids is 2. The first-order chi connectivity index (χ1) is 7.82. The van der Waals surface area contributed by atoms with Crippen LogP contribution in [0, 0.1) is 23.2 Å². The van der Waals surface area contributed by atoms with Crippen LogP contribution in [0.4, 0.5) is 0 Å². The third-order valence-corrected chi connectivity index (χ3v) is 4.80. The average molecular weight is 235 g/mol. The molecule has 17 heavy (non-hydrogen) atoms. The van der Waals surface area contributed by atoms with Gasteiger partial charge in [0.15, 0.2) is 5.60 Å². The molecule has 2 aliphatic rings. The number of carbonyl (C=O) groups is 2. The van der Waals surface area contributed by atoms with Gasteiger partial charge in [0.1, 0.15) is 0 Å². The van der Waals surface area contributed by atoms with Crippen LogP contribution >= 0.6 is 0 Å². The number of esters is 1. The highest BCUT2D eigenvalue weighted by Gasteiger charge is 2.75. The minimum absolute atomic E-state index is 0.158. The third-order valence-electron chi connectivity index (χ3n) is 4.80. The Balaban J connectivity index is 2.37. The number of nitrogens with one attached hydrogen (secondary N) is 1. The first-order valence-corrected chi connectivity index (χ1v) is 5.77. The molecule has 1 aliphatic carbocycles. The van der Waals surface area contributed by atoms with Crippen molar-refractivity contribution in [1.82, 2.24) is 5.32 Å². The Hall–Kier alpha value is -1.50. The number of hydrogen-bond acceptors (Lipinski definition) is 3. The molecule has 1 saturated carbocycles. The van der Waals surface area contributed by atoms with Gasteiger partial charge in [-0.05, 0) is 19.8 Å². The van der Waals surface area contributed by atoms with Crippen LogP contribution in [0.2, 0.25) is 0 Å². The highest BCUT2D eigenvalue weighted by atomic mass is 16.6. The van der Waals surface area contributed by atoms with Crippen molar-refractivity contribution in [3.63, 3.8) is 0 Å². The Morgan fingerprint density at radius 3 is 2.53 bits per heavy atom. The molecule has 0 unspecified atom stereocenters. The number of fused-ring (bicyclic) bond motifs is 2. The summed E-state index contributed by atoms with van der Waals surface area (Å²) in [5.41, 5.74) is -2.12. The number of terminal acetylenes is 1. The monoisotopic (exact) mass is 235 g/mol. The molecule has 2 rings (SSSR count). The maximum absolute atomic E-state index is 12.2. The summed E-state index contributed by atoms with van der Waals surface area (Å²) in [6.45, 7) is 5.87. The highest BCUT2D eigenvalue weighted by Crippen LogP contribution is 2.65. The van der Waals surface area contributed by atoms with Gasteiger partial charge >= 0.3 is 5.97 Å². The maximum atomic E-state index is 12.2. The fraction of sp³-hybridized carbons (Fsp3) is 0.692. The summed E-state index contributed by atoms with van der Waals surface area (Å²) in [6, 6.07) is 0. The van der Waals surface area contributed by atoms with Crippen LogP contribution in [-0.2, 0) is 14.3 Å². The molecule has 2 bridgehead atoms. The second-order valence-corrected chi connectivity index (χ2v) is 5.56. The van der Waals surface area contributed by atoms with Gasteiger partial charge in [0.2, 0.25) is 0 Å². The summed E-state index contributed by atoms with van der Waals surface area (Å²) < 4.78 is 5.41. The van der Waals surface area contributed by atoms with Gasteiger partial charge in [-0.15, -0.1) is 6.42 Å². The fourth-order valence-corrected chi connectivity index (χ4v) is 3.02. The lowest BCUT2D eigenvalue weighted by atomic mass is 9.66. The maximum Gasteiger partial charge on any atom is 0.313 e. The van der Waals surface area contributed by atoms with Crippen LogP contribution in [0.15, 0.2) is 0 Å². The van der Waals surface area contributed by atoms with E-state index >= 15 is 0 Å². The quantitative estimate of drug-likeness (QED) is 0.570. The molecule has 0 aromatic rings. The molecule has 2 atom stereocenters. The zero-order valence-electron chi connectivity index (χ0n) is 10.4. The van der Waals surface area contributed by atoms with Gasteiger partial charge in [-0.2, -0.15) is 0 Å². The van der Waals surface area contributed by atoms with Crippen LogP contribution in [0.25, 0.3) is 0 Å². The minimum atomic E-state index is -1.05. The van der Waals surface area contributed by atoms with Crippen molar-refractivity contribution in [3.05, 3.63) is 0 Å². The van der Waals surface area contributed by atoms with Crippen molar-refractivity contribution in [2.24, 2.45) is 10.8 Å². The van der Waals surface area contributed by atoms with E-state index in [-0.39, 0.29) is 18.4 Å². The third kappa shape index (κ3) is 1.14. The Kier molecular flexibility index (Phi) is 2.29. The molecule has 92 valence electrons. The molecule has 0 spiro atoms. The summed E-state index contributed by atoms with van der Waals surface area (Å²) in [5.74, 6) is 1.81. The van der Waals surface area contributed by atoms with E-state index in [4.69, 9.17) is 11.2 Å². The van der Waals surface area contributed by atoms with Gasteiger partial charge in [0.25, 0.3) is 5.91 Å². The molecule has 1 N–H and O–H groups in total. The van der Waals surface area contributed by atoms with Crippen LogP contribution in [0.1, 0.15) is 33.6 Å². The van der Waals surface area contributed by atoms with Crippen LogP contribution in [-0.4, -0.2) is 24.0 Å². The Morgan fingerprint density at radius 2 is 2.12 bits per heavy atom. The van der Waals surface area contributed by atoms with E-state index in [0.29, 0.717) is 12.8 Å². The Morgan fingerprint density at radius 1 is 1.47 bits per heavy atom. The molecule has 2 fully saturated rings. The van der Waals surface area contributed by atoms with Gasteiger partial charge in [0.05, 0.1) is 12.0 Å². The standard InChI is InChI=1S/C13H17NO3/c1-5-8-14-9(15)13-7-6-12(4,10(16)17-13)11(13,2)3/h1H,6-8H2,2-4H3,(H,14,15)/t12-,13+/m1/s1. The van der Waals surface area contributed by atoms with Crippen molar-refractivity contribution in [2.75, 3.05) is 6.54 Å². The molecule has 0 aromatic heterocycles. The summed E-state index contributed by atoms with van der Waals surface area (Å²) in [5, 5.41) is 2.63. The molecule has 1 heterocycles. The van der Waals surface area contributed by atoms with E-state index in [0.717, 1.165) is 0 Å². The van der Waals surface area contributed by atoms with E-state index in [2.05, 4.69) is 11.2 Å². The number of amides is 1. The molecule has 1 aliphatic heterocycles. The van der Waals surface area contributed by atoms with E-state index in [1.54, 1.807) is 0 Å². The fourth-order valence-electron chi connectivity index (χ4n) is 3.02. The zero-order valence-corrected chi connectivity index (χ0v) is 10.4. The molecule has 0 aromatic carbocycles. The predicted molar refractivity (Wildman–Crippen MR) is 61.8 cm³/mol. The lowest BCUT2D eigenvalue weighted by Crippen LogP contribution is -2.53. The Labute approximate surface area is 101 Å². The van der Waals surface area contributed by atoms with Gasteiger partial charge in [-0.25, -0.2) is 0 Å². The first-order valence-electron chi connectivity index (χ1n) is 5.77. The van der Waals surface area contributed by atoms with E-state index in [9.17, 15) is 9.59 Å². The van der Waals surface area contributed by atoms with Crippen molar-refractivity contribution in [2.45, 2.75) is 39.2 Å². The molecule has 1 saturated heterocycles. The lowest BCUT2D eigenvalue weighted by Gasteiger charge is -2.35. The SMILES string of the molecule is C#CCNC(=O)[C@]12CC[C@](C)(C(=O)O1)C2(C)C. The summed E-state index contributed by atoms with van der Waals surface area (Å²) >= 11 is 0. The second-order valence-electron chi connectivity index (χ2n) is 5.56. The number of rotatable bonds is 2. The largest absolute Gasteiger partial charge is 0.448 e. The highest BCUT2D eigenvalue weighted by molar-refractivity contribution is 5.96. The lowest BCUT2D eigenvalue weighted by molar-refractivity contribution is -0.168.